The van der Waals surface area contributed by atoms with E-state index in [4.69, 9.17) is 0 Å². The van der Waals surface area contributed by atoms with Gasteiger partial charge in [0.1, 0.15) is 10.4 Å². The summed E-state index contributed by atoms with van der Waals surface area (Å²) < 4.78 is 13.9. The van der Waals surface area contributed by atoms with E-state index in [1.165, 1.54) is 6.07 Å². The smallest absolute Gasteiger partial charge is 0.123 e. The highest BCUT2D eigenvalue weighted by atomic mass is 79.9. The van der Waals surface area contributed by atoms with Crippen molar-refractivity contribution in [3.8, 4) is 0 Å². The molecule has 1 atom stereocenters. The molecule has 19 heavy (non-hydrogen) atoms. The highest BCUT2D eigenvalue weighted by molar-refractivity contribution is 9.10. The van der Waals surface area contributed by atoms with Gasteiger partial charge >= 0.3 is 0 Å². The second kappa shape index (κ2) is 6.15. The van der Waals surface area contributed by atoms with Crippen molar-refractivity contribution in [2.75, 3.05) is 5.32 Å². The van der Waals surface area contributed by atoms with Crippen LogP contribution in [0.3, 0.4) is 0 Å². The normalized spacial score (nSPS) is 12.2. The summed E-state index contributed by atoms with van der Waals surface area (Å²) in [6.45, 7) is 4.04. The molecular weight excluding hydrogens is 307 g/mol. The Labute approximate surface area is 121 Å². The summed E-state index contributed by atoms with van der Waals surface area (Å²) in [7, 11) is 0. The van der Waals surface area contributed by atoms with Gasteiger partial charge in [0.25, 0.3) is 0 Å². The number of aryl methyl sites for hydroxylation is 1. The molecule has 0 saturated heterocycles. The maximum atomic E-state index is 13.1. The summed E-state index contributed by atoms with van der Waals surface area (Å²) >= 11 is 3.34. The molecule has 0 saturated carbocycles. The highest BCUT2D eigenvalue weighted by Crippen LogP contribution is 2.18. The van der Waals surface area contributed by atoms with E-state index in [1.54, 1.807) is 12.1 Å². The molecule has 4 heteroatoms. The quantitative estimate of drug-likeness (QED) is 0.847. The Kier molecular flexibility index (Phi) is 4.53. The first kappa shape index (κ1) is 14.0. The van der Waals surface area contributed by atoms with Crippen molar-refractivity contribution < 1.29 is 4.39 Å². The van der Waals surface area contributed by atoms with Crippen LogP contribution in [-0.4, -0.2) is 11.0 Å². The van der Waals surface area contributed by atoms with Crippen LogP contribution in [0.5, 0.6) is 0 Å². The Morgan fingerprint density at radius 2 is 2.11 bits per heavy atom. The van der Waals surface area contributed by atoms with Crippen LogP contribution in [0, 0.1) is 12.7 Å². The van der Waals surface area contributed by atoms with Gasteiger partial charge in [0.05, 0.1) is 11.4 Å². The summed E-state index contributed by atoms with van der Waals surface area (Å²) in [6, 6.07) is 10.8. The SMILES string of the molecule is Cc1nc(Br)ccc1NC(C)Cc1cccc(F)c1. The predicted octanol–water partition coefficient (Wildman–Crippen LogP) is 4.33. The van der Waals surface area contributed by atoms with Gasteiger partial charge in [0.15, 0.2) is 0 Å². The van der Waals surface area contributed by atoms with Crippen LogP contribution < -0.4 is 5.32 Å². The van der Waals surface area contributed by atoms with Crippen LogP contribution in [0.15, 0.2) is 41.0 Å². The van der Waals surface area contributed by atoms with Gasteiger partial charge in [0, 0.05) is 6.04 Å². The van der Waals surface area contributed by atoms with Crippen molar-refractivity contribution in [3.05, 3.63) is 58.1 Å². The lowest BCUT2D eigenvalue weighted by molar-refractivity contribution is 0.624. The summed E-state index contributed by atoms with van der Waals surface area (Å²) in [5.74, 6) is -0.189. The molecular formula is C15H16BrFN2. The van der Waals surface area contributed by atoms with Gasteiger partial charge in [-0.05, 0) is 66.0 Å². The molecule has 0 bridgehead atoms. The molecule has 100 valence electrons. The number of aromatic nitrogens is 1. The van der Waals surface area contributed by atoms with Crippen molar-refractivity contribution in [2.24, 2.45) is 0 Å². The van der Waals surface area contributed by atoms with E-state index in [0.29, 0.717) is 0 Å². The Balaban J connectivity index is 2.03. The van der Waals surface area contributed by atoms with Crippen molar-refractivity contribution in [1.82, 2.24) is 4.98 Å². The fraction of sp³-hybridized carbons (Fsp3) is 0.267. The van der Waals surface area contributed by atoms with Crippen molar-refractivity contribution in [2.45, 2.75) is 26.3 Å². The lowest BCUT2D eigenvalue weighted by Gasteiger charge is -2.17. The monoisotopic (exact) mass is 322 g/mol. The number of benzene rings is 1. The van der Waals surface area contributed by atoms with E-state index in [-0.39, 0.29) is 11.9 Å². The number of nitrogens with one attached hydrogen (secondary N) is 1. The fourth-order valence-corrected chi connectivity index (χ4v) is 2.42. The fourth-order valence-electron chi connectivity index (χ4n) is 2.02. The molecule has 2 rings (SSSR count). The molecule has 0 spiro atoms. The predicted molar refractivity (Wildman–Crippen MR) is 79.9 cm³/mol. The topological polar surface area (TPSA) is 24.9 Å². The number of hydrogen-bond acceptors (Lipinski definition) is 2. The number of halogens is 2. The number of pyridine rings is 1. The Bertz CT molecular complexity index is 572. The number of hydrogen-bond donors (Lipinski definition) is 1. The molecule has 1 unspecified atom stereocenters. The minimum Gasteiger partial charge on any atom is -0.381 e. The molecule has 0 aliphatic carbocycles. The van der Waals surface area contributed by atoms with Crippen molar-refractivity contribution in [1.29, 1.82) is 0 Å². The third-order valence-electron chi connectivity index (χ3n) is 2.88. The van der Waals surface area contributed by atoms with E-state index in [1.807, 2.05) is 25.1 Å². The van der Waals surface area contributed by atoms with E-state index in [2.05, 4.69) is 33.2 Å². The average Bonchev–Trinajstić information content (AvgIpc) is 2.33. The van der Waals surface area contributed by atoms with E-state index < -0.39 is 0 Å². The lowest BCUT2D eigenvalue weighted by Crippen LogP contribution is -2.19. The minimum atomic E-state index is -0.189. The molecule has 0 radical (unpaired) electrons. The molecule has 2 aromatic rings. The van der Waals surface area contributed by atoms with Gasteiger partial charge in [0.2, 0.25) is 0 Å². The molecule has 1 aromatic heterocycles. The van der Waals surface area contributed by atoms with Gasteiger partial charge < -0.3 is 5.32 Å². The summed E-state index contributed by atoms with van der Waals surface area (Å²) in [6.07, 6.45) is 0.771. The van der Waals surface area contributed by atoms with Crippen LogP contribution in [0.1, 0.15) is 18.2 Å². The van der Waals surface area contributed by atoms with Crippen molar-refractivity contribution >= 4 is 21.6 Å². The second-order valence-corrected chi connectivity index (χ2v) is 5.46. The van der Waals surface area contributed by atoms with Gasteiger partial charge in [-0.1, -0.05) is 12.1 Å². The van der Waals surface area contributed by atoms with Crippen molar-refractivity contribution in [3.63, 3.8) is 0 Å². The number of nitrogens with zero attached hydrogens (tertiary/aromatic N) is 1. The molecule has 1 heterocycles. The molecule has 1 aromatic carbocycles. The second-order valence-electron chi connectivity index (χ2n) is 4.65. The summed E-state index contributed by atoms with van der Waals surface area (Å²) in [4.78, 5) is 4.34. The van der Waals surface area contributed by atoms with E-state index in [0.717, 1.165) is 28.0 Å². The Hall–Kier alpha value is -1.42. The van der Waals surface area contributed by atoms with Crippen LogP contribution >= 0.6 is 15.9 Å². The first-order chi connectivity index (χ1) is 9.04. The van der Waals surface area contributed by atoms with Gasteiger partial charge in [-0.15, -0.1) is 0 Å². The van der Waals surface area contributed by atoms with Crippen LogP contribution in [0.25, 0.3) is 0 Å². The minimum absolute atomic E-state index is 0.189. The standard InChI is InChI=1S/C15H16BrFN2/c1-10(8-12-4-3-5-13(17)9-12)18-14-6-7-15(16)19-11(14)2/h3-7,9-10,18H,8H2,1-2H3. The molecule has 0 aliphatic heterocycles. The first-order valence-electron chi connectivity index (χ1n) is 6.19. The Morgan fingerprint density at radius 1 is 1.32 bits per heavy atom. The lowest BCUT2D eigenvalue weighted by atomic mass is 10.1. The van der Waals surface area contributed by atoms with E-state index >= 15 is 0 Å². The maximum absolute atomic E-state index is 13.1. The highest BCUT2D eigenvalue weighted by Gasteiger charge is 2.07. The zero-order valence-electron chi connectivity index (χ0n) is 11.0. The van der Waals surface area contributed by atoms with Crippen LogP contribution in [0.2, 0.25) is 0 Å². The van der Waals surface area contributed by atoms with E-state index in [9.17, 15) is 4.39 Å². The maximum Gasteiger partial charge on any atom is 0.123 e. The number of rotatable bonds is 4. The third kappa shape index (κ3) is 4.03. The van der Waals surface area contributed by atoms with Crippen LogP contribution in [0.4, 0.5) is 10.1 Å². The molecule has 0 fully saturated rings. The van der Waals surface area contributed by atoms with Gasteiger partial charge in [-0.2, -0.15) is 0 Å². The summed E-state index contributed by atoms with van der Waals surface area (Å²) in [5, 5.41) is 3.40. The molecule has 0 amide bonds. The van der Waals surface area contributed by atoms with Gasteiger partial charge in [-0.25, -0.2) is 9.37 Å². The zero-order chi connectivity index (χ0) is 13.8. The largest absolute Gasteiger partial charge is 0.381 e. The first-order valence-corrected chi connectivity index (χ1v) is 6.98. The molecule has 0 aliphatic rings. The Morgan fingerprint density at radius 3 is 2.79 bits per heavy atom. The molecule has 2 nitrogen and oxygen atoms in total. The number of anilines is 1. The van der Waals surface area contributed by atoms with Gasteiger partial charge in [-0.3, -0.25) is 0 Å². The summed E-state index contributed by atoms with van der Waals surface area (Å²) in [5.41, 5.74) is 2.94. The third-order valence-corrected chi connectivity index (χ3v) is 3.33. The average molecular weight is 323 g/mol. The zero-order valence-corrected chi connectivity index (χ0v) is 12.5. The van der Waals surface area contributed by atoms with Crippen LogP contribution in [-0.2, 0) is 6.42 Å². The molecule has 1 N–H and O–H groups in total.